The summed E-state index contributed by atoms with van der Waals surface area (Å²) in [7, 11) is 0. The van der Waals surface area contributed by atoms with E-state index in [1.807, 2.05) is 24.3 Å². The summed E-state index contributed by atoms with van der Waals surface area (Å²) in [6.45, 7) is 1.30. The number of benzene rings is 1. The van der Waals surface area contributed by atoms with E-state index in [2.05, 4.69) is 0 Å². The highest BCUT2D eigenvalue weighted by Gasteiger charge is 2.10. The second-order valence-corrected chi connectivity index (χ2v) is 2.85. The van der Waals surface area contributed by atoms with Gasteiger partial charge in [0.05, 0.1) is 0 Å². The Labute approximate surface area is 88.0 Å². The van der Waals surface area contributed by atoms with Crippen molar-refractivity contribution in [2.24, 2.45) is 0 Å². The molecule has 0 aromatic heterocycles. The molecule has 0 aliphatic rings. The molecule has 0 aliphatic heterocycles. The first-order valence-electron chi connectivity index (χ1n) is 4.47. The van der Waals surface area contributed by atoms with Crippen molar-refractivity contribution < 1.29 is 14.3 Å². The van der Waals surface area contributed by atoms with Crippen molar-refractivity contribution in [3.63, 3.8) is 0 Å². The molecule has 0 spiro atoms. The number of nitriles is 1. The third kappa shape index (κ3) is 4.14. The van der Waals surface area contributed by atoms with Gasteiger partial charge in [0.15, 0.2) is 0 Å². The number of carbonyl (C=O) groups excluding carboxylic acids is 1. The number of esters is 1. The monoisotopic (exact) mass is 205 g/mol. The Morgan fingerprint density at radius 2 is 2.13 bits per heavy atom. The smallest absolute Gasteiger partial charge is 0.304 e. The summed E-state index contributed by atoms with van der Waals surface area (Å²) >= 11 is 0. The van der Waals surface area contributed by atoms with Gasteiger partial charge in [-0.2, -0.15) is 5.26 Å². The predicted molar refractivity (Wildman–Crippen MR) is 53.1 cm³/mol. The van der Waals surface area contributed by atoms with Crippen LogP contribution >= 0.6 is 0 Å². The molecular formula is C11H11NO3. The van der Waals surface area contributed by atoms with Gasteiger partial charge in [-0.3, -0.25) is 4.79 Å². The summed E-state index contributed by atoms with van der Waals surface area (Å²) in [6, 6.07) is 10.9. The maximum atomic E-state index is 10.6. The lowest BCUT2D eigenvalue weighted by Crippen LogP contribution is -2.22. The van der Waals surface area contributed by atoms with Crippen LogP contribution in [0.25, 0.3) is 0 Å². The van der Waals surface area contributed by atoms with E-state index in [4.69, 9.17) is 14.7 Å². The molecule has 0 radical (unpaired) electrons. The molecule has 1 rings (SSSR count). The Balaban J connectivity index is 2.42. The van der Waals surface area contributed by atoms with Gasteiger partial charge in [0.25, 0.3) is 0 Å². The Morgan fingerprint density at radius 3 is 2.67 bits per heavy atom. The van der Waals surface area contributed by atoms with Crippen molar-refractivity contribution in [3.05, 3.63) is 30.3 Å². The van der Waals surface area contributed by atoms with Gasteiger partial charge in [-0.1, -0.05) is 18.2 Å². The fourth-order valence-corrected chi connectivity index (χ4v) is 0.987. The Hall–Kier alpha value is -2.02. The van der Waals surface area contributed by atoms with E-state index in [1.165, 1.54) is 6.92 Å². The second-order valence-electron chi connectivity index (χ2n) is 2.85. The van der Waals surface area contributed by atoms with Crippen LogP contribution in [-0.4, -0.2) is 18.7 Å². The lowest BCUT2D eigenvalue weighted by atomic mass is 10.3. The highest BCUT2D eigenvalue weighted by molar-refractivity contribution is 5.66. The first-order chi connectivity index (χ1) is 7.22. The van der Waals surface area contributed by atoms with Crippen LogP contribution in [0.15, 0.2) is 30.3 Å². The van der Waals surface area contributed by atoms with Gasteiger partial charge in [-0.05, 0) is 12.1 Å². The maximum absolute atomic E-state index is 10.6. The number of para-hydroxylation sites is 1. The average Bonchev–Trinajstić information content (AvgIpc) is 2.25. The van der Waals surface area contributed by atoms with Crippen molar-refractivity contribution in [2.75, 3.05) is 6.61 Å². The third-order valence-corrected chi connectivity index (χ3v) is 1.60. The molecule has 4 heteroatoms. The Morgan fingerprint density at radius 1 is 1.47 bits per heavy atom. The van der Waals surface area contributed by atoms with Gasteiger partial charge in [0.2, 0.25) is 6.10 Å². The fraction of sp³-hybridized carbons (Fsp3) is 0.273. The quantitative estimate of drug-likeness (QED) is 0.699. The summed E-state index contributed by atoms with van der Waals surface area (Å²) in [6.07, 6.45) is -0.859. The molecule has 1 unspecified atom stereocenters. The maximum Gasteiger partial charge on any atom is 0.304 e. The number of ether oxygens (including phenoxy) is 2. The van der Waals surface area contributed by atoms with E-state index in [1.54, 1.807) is 12.1 Å². The summed E-state index contributed by atoms with van der Waals surface area (Å²) in [5, 5.41) is 8.65. The molecule has 0 N–H and O–H groups in total. The van der Waals surface area contributed by atoms with Crippen LogP contribution in [0.3, 0.4) is 0 Å². The molecule has 0 bridgehead atoms. The largest absolute Gasteiger partial charge is 0.489 e. The summed E-state index contributed by atoms with van der Waals surface area (Å²) in [5.74, 6) is 0.156. The van der Waals surface area contributed by atoms with E-state index in [0.29, 0.717) is 5.75 Å². The van der Waals surface area contributed by atoms with Crippen LogP contribution in [0.4, 0.5) is 0 Å². The van der Waals surface area contributed by atoms with E-state index < -0.39 is 12.1 Å². The zero-order chi connectivity index (χ0) is 11.1. The zero-order valence-electron chi connectivity index (χ0n) is 8.34. The number of carbonyl (C=O) groups is 1. The zero-order valence-corrected chi connectivity index (χ0v) is 8.34. The van der Waals surface area contributed by atoms with Crippen molar-refractivity contribution in [1.82, 2.24) is 0 Å². The minimum absolute atomic E-state index is 0.0418. The van der Waals surface area contributed by atoms with E-state index in [0.717, 1.165) is 0 Å². The molecule has 1 aromatic rings. The van der Waals surface area contributed by atoms with Crippen molar-refractivity contribution in [2.45, 2.75) is 13.0 Å². The molecule has 0 fully saturated rings. The molecule has 1 atom stereocenters. The van der Waals surface area contributed by atoms with Gasteiger partial charge in [0, 0.05) is 6.92 Å². The average molecular weight is 205 g/mol. The lowest BCUT2D eigenvalue weighted by Gasteiger charge is -2.10. The normalized spacial score (nSPS) is 11.2. The highest BCUT2D eigenvalue weighted by Crippen LogP contribution is 2.08. The molecule has 0 amide bonds. The van der Waals surface area contributed by atoms with Crippen LogP contribution in [0.2, 0.25) is 0 Å². The first-order valence-corrected chi connectivity index (χ1v) is 4.47. The van der Waals surface area contributed by atoms with Crippen LogP contribution in [-0.2, 0) is 9.53 Å². The number of hydrogen-bond acceptors (Lipinski definition) is 4. The van der Waals surface area contributed by atoms with E-state index >= 15 is 0 Å². The summed E-state index contributed by atoms with van der Waals surface area (Å²) in [4.78, 5) is 10.6. The molecule has 1 aromatic carbocycles. The summed E-state index contributed by atoms with van der Waals surface area (Å²) in [5.41, 5.74) is 0. The van der Waals surface area contributed by atoms with Crippen LogP contribution in [0, 0.1) is 11.3 Å². The SMILES string of the molecule is CC(=O)OC(C#N)COc1ccccc1. The van der Waals surface area contributed by atoms with Gasteiger partial charge >= 0.3 is 5.97 Å². The molecule has 0 saturated carbocycles. The molecule has 0 heterocycles. The third-order valence-electron chi connectivity index (χ3n) is 1.60. The summed E-state index contributed by atoms with van der Waals surface area (Å²) < 4.78 is 9.96. The van der Waals surface area contributed by atoms with Crippen LogP contribution in [0.5, 0.6) is 5.75 Å². The minimum atomic E-state index is -0.859. The molecule has 4 nitrogen and oxygen atoms in total. The van der Waals surface area contributed by atoms with Crippen LogP contribution < -0.4 is 4.74 Å². The molecule has 0 aliphatic carbocycles. The topological polar surface area (TPSA) is 59.3 Å². The molecule has 0 saturated heterocycles. The first kappa shape index (κ1) is 11.1. The second kappa shape index (κ2) is 5.66. The van der Waals surface area contributed by atoms with Gasteiger partial charge in [-0.15, -0.1) is 0 Å². The van der Waals surface area contributed by atoms with E-state index in [-0.39, 0.29) is 6.61 Å². The number of rotatable bonds is 4. The van der Waals surface area contributed by atoms with Crippen molar-refractivity contribution in [1.29, 1.82) is 5.26 Å². The fourth-order valence-electron chi connectivity index (χ4n) is 0.987. The molecule has 78 valence electrons. The van der Waals surface area contributed by atoms with Crippen molar-refractivity contribution in [3.8, 4) is 11.8 Å². The predicted octanol–water partition coefficient (Wildman–Crippen LogP) is 1.52. The van der Waals surface area contributed by atoms with Gasteiger partial charge in [-0.25, -0.2) is 0 Å². The van der Waals surface area contributed by atoms with Gasteiger partial charge in [0.1, 0.15) is 18.4 Å². The van der Waals surface area contributed by atoms with E-state index in [9.17, 15) is 4.79 Å². The highest BCUT2D eigenvalue weighted by atomic mass is 16.6. The standard InChI is InChI=1S/C11H11NO3/c1-9(13)15-11(7-12)8-14-10-5-3-2-4-6-10/h2-6,11H,8H2,1H3. The minimum Gasteiger partial charge on any atom is -0.489 e. The molecule has 15 heavy (non-hydrogen) atoms. The van der Waals surface area contributed by atoms with Crippen molar-refractivity contribution >= 4 is 5.97 Å². The Kier molecular flexibility index (Phi) is 4.17. The number of hydrogen-bond donors (Lipinski definition) is 0. The Bertz CT molecular complexity index is 356. The lowest BCUT2D eigenvalue weighted by molar-refractivity contribution is -0.144. The van der Waals surface area contributed by atoms with Crippen LogP contribution in [0.1, 0.15) is 6.92 Å². The van der Waals surface area contributed by atoms with Gasteiger partial charge < -0.3 is 9.47 Å². The number of nitrogens with zero attached hydrogens (tertiary/aromatic N) is 1. The molecular weight excluding hydrogens is 194 g/mol.